The molecule has 1 saturated heterocycles. The van der Waals surface area contributed by atoms with Crippen LogP contribution in [-0.4, -0.2) is 36.8 Å². The first-order chi connectivity index (χ1) is 5.03. The van der Waals surface area contributed by atoms with E-state index < -0.39 is 19.3 Å². The Kier molecular flexibility index (Phi) is 5.88. The zero-order chi connectivity index (χ0) is 8.48. The van der Waals surface area contributed by atoms with Gasteiger partial charge >= 0.3 is 57.6 Å². The maximum Gasteiger partial charge on any atom is 1.00 e. The molecule has 0 spiro atoms. The van der Waals surface area contributed by atoms with Crippen molar-refractivity contribution in [3.05, 3.63) is 0 Å². The number of halogens is 3. The van der Waals surface area contributed by atoms with Gasteiger partial charge in [-0.15, -0.1) is 6.61 Å². The van der Waals surface area contributed by atoms with Gasteiger partial charge in [-0.05, 0) is 12.5 Å². The third kappa shape index (κ3) is 4.04. The van der Waals surface area contributed by atoms with Gasteiger partial charge in [-0.2, -0.15) is 13.2 Å². The fourth-order valence-corrected chi connectivity index (χ4v) is 1.12. The molecule has 1 unspecified atom stereocenters. The molecule has 0 aliphatic carbocycles. The molecule has 0 bridgehead atoms. The number of rotatable bonds is 2. The standard InChI is InChI=1S/C6H9F3NO.K/c7-6(8,9)4-10-2-1-5(10)3-11;/h5H,1-4H2;/q-1;+1. The zero-order valence-corrected chi connectivity index (χ0v) is 10.0. The smallest absolute Gasteiger partial charge is 0.853 e. The van der Waals surface area contributed by atoms with E-state index in [1.165, 1.54) is 4.90 Å². The Morgan fingerprint density at radius 1 is 1.42 bits per heavy atom. The maximum absolute atomic E-state index is 11.7. The van der Waals surface area contributed by atoms with Gasteiger partial charge in [0.05, 0.1) is 6.54 Å². The molecule has 0 radical (unpaired) electrons. The Hall–Kier alpha value is 1.35. The summed E-state index contributed by atoms with van der Waals surface area (Å²) in [7, 11) is 0. The first kappa shape index (κ1) is 13.3. The summed E-state index contributed by atoms with van der Waals surface area (Å²) >= 11 is 0. The average Bonchev–Trinajstić information content (AvgIpc) is 1.80. The van der Waals surface area contributed by atoms with Crippen LogP contribution in [0.25, 0.3) is 0 Å². The van der Waals surface area contributed by atoms with Crippen LogP contribution >= 0.6 is 0 Å². The van der Waals surface area contributed by atoms with E-state index in [9.17, 15) is 18.3 Å². The summed E-state index contributed by atoms with van der Waals surface area (Å²) in [5.41, 5.74) is 0. The number of hydrogen-bond acceptors (Lipinski definition) is 2. The summed E-state index contributed by atoms with van der Waals surface area (Å²) in [4.78, 5) is 1.17. The topological polar surface area (TPSA) is 26.3 Å². The summed E-state index contributed by atoms with van der Waals surface area (Å²) in [6, 6.07) is -0.378. The minimum Gasteiger partial charge on any atom is -0.853 e. The molecule has 0 amide bonds. The zero-order valence-electron chi connectivity index (χ0n) is 6.90. The van der Waals surface area contributed by atoms with E-state index in [1.807, 2.05) is 0 Å². The molecule has 1 aliphatic rings. The van der Waals surface area contributed by atoms with Crippen LogP contribution in [0.5, 0.6) is 0 Å². The minimum atomic E-state index is -4.16. The second-order valence-corrected chi connectivity index (χ2v) is 2.69. The Labute approximate surface area is 112 Å². The first-order valence-electron chi connectivity index (χ1n) is 3.42. The largest absolute Gasteiger partial charge is 1.00 e. The fourth-order valence-electron chi connectivity index (χ4n) is 1.12. The van der Waals surface area contributed by atoms with E-state index in [0.29, 0.717) is 13.0 Å². The van der Waals surface area contributed by atoms with Crippen molar-refractivity contribution in [3.63, 3.8) is 0 Å². The molecule has 1 fully saturated rings. The summed E-state index contributed by atoms with van der Waals surface area (Å²) in [5.74, 6) is 0. The number of alkyl halides is 3. The van der Waals surface area contributed by atoms with Crippen LogP contribution in [0.1, 0.15) is 6.42 Å². The van der Waals surface area contributed by atoms with E-state index >= 15 is 0 Å². The van der Waals surface area contributed by atoms with Crippen LogP contribution in [0.4, 0.5) is 13.2 Å². The molecule has 1 rings (SSSR count). The molecule has 0 aromatic heterocycles. The van der Waals surface area contributed by atoms with E-state index in [0.717, 1.165) is 0 Å². The molecule has 1 heterocycles. The Morgan fingerprint density at radius 3 is 2.25 bits per heavy atom. The van der Waals surface area contributed by atoms with Crippen molar-refractivity contribution >= 4 is 0 Å². The third-order valence-electron chi connectivity index (χ3n) is 1.84. The number of nitrogens with zero attached hydrogens (tertiary/aromatic N) is 1. The van der Waals surface area contributed by atoms with Gasteiger partial charge < -0.3 is 5.11 Å². The molecule has 6 heteroatoms. The molecule has 0 N–H and O–H groups in total. The second-order valence-electron chi connectivity index (χ2n) is 2.69. The van der Waals surface area contributed by atoms with Gasteiger partial charge in [0.2, 0.25) is 0 Å². The molecule has 2 nitrogen and oxygen atoms in total. The van der Waals surface area contributed by atoms with Gasteiger partial charge in [0.25, 0.3) is 0 Å². The fraction of sp³-hybridized carbons (Fsp3) is 1.00. The quantitative estimate of drug-likeness (QED) is 0.451. The summed E-state index contributed by atoms with van der Waals surface area (Å²) in [5, 5.41) is 10.2. The van der Waals surface area contributed by atoms with E-state index in [1.54, 1.807) is 0 Å². The molecular weight excluding hydrogens is 198 g/mol. The van der Waals surface area contributed by atoms with Crippen molar-refractivity contribution in [2.45, 2.75) is 18.6 Å². The number of hydrogen-bond donors (Lipinski definition) is 0. The van der Waals surface area contributed by atoms with Crippen molar-refractivity contribution in [2.24, 2.45) is 0 Å². The van der Waals surface area contributed by atoms with Crippen molar-refractivity contribution < 1.29 is 69.7 Å². The molecule has 0 aromatic carbocycles. The molecule has 1 atom stereocenters. The van der Waals surface area contributed by atoms with Crippen LogP contribution in [0.3, 0.4) is 0 Å². The van der Waals surface area contributed by atoms with E-state index in [2.05, 4.69) is 0 Å². The molecule has 0 aromatic rings. The Bertz CT molecular complexity index is 139. The van der Waals surface area contributed by atoms with Gasteiger partial charge in [0, 0.05) is 6.54 Å². The van der Waals surface area contributed by atoms with Crippen LogP contribution in [0, 0.1) is 0 Å². The minimum absolute atomic E-state index is 0. The van der Waals surface area contributed by atoms with Crippen LogP contribution in [0.15, 0.2) is 0 Å². The molecule has 1 aliphatic heterocycles. The normalized spacial score (nSPS) is 24.5. The van der Waals surface area contributed by atoms with Crippen molar-refractivity contribution in [3.8, 4) is 0 Å². The Morgan fingerprint density at radius 2 is 2.00 bits per heavy atom. The van der Waals surface area contributed by atoms with Crippen LogP contribution in [-0.2, 0) is 0 Å². The van der Waals surface area contributed by atoms with Gasteiger partial charge in [-0.25, -0.2) is 0 Å². The predicted molar refractivity (Wildman–Crippen MR) is 30.9 cm³/mol. The second kappa shape index (κ2) is 5.28. The van der Waals surface area contributed by atoms with Crippen LogP contribution in [0.2, 0.25) is 0 Å². The molecule has 0 saturated carbocycles. The monoisotopic (exact) mass is 207 g/mol. The van der Waals surface area contributed by atoms with Crippen molar-refractivity contribution in [1.29, 1.82) is 0 Å². The predicted octanol–water partition coefficient (Wildman–Crippen LogP) is -3.01. The van der Waals surface area contributed by atoms with Crippen LogP contribution < -0.4 is 56.5 Å². The van der Waals surface area contributed by atoms with Gasteiger partial charge in [-0.3, -0.25) is 4.90 Å². The molecular formula is C6H9F3KNO. The third-order valence-corrected chi connectivity index (χ3v) is 1.84. The SMILES string of the molecule is [K+].[O-]CC1CCN1CC(F)(F)F. The average molecular weight is 207 g/mol. The van der Waals surface area contributed by atoms with E-state index in [-0.39, 0.29) is 57.4 Å². The molecule has 66 valence electrons. The summed E-state index contributed by atoms with van der Waals surface area (Å²) in [6.07, 6.45) is -3.55. The Balaban J connectivity index is 0.00000121. The van der Waals surface area contributed by atoms with Gasteiger partial charge in [-0.1, -0.05) is 0 Å². The molecule has 12 heavy (non-hydrogen) atoms. The first-order valence-corrected chi connectivity index (χ1v) is 3.42. The summed E-state index contributed by atoms with van der Waals surface area (Å²) < 4.78 is 35.1. The van der Waals surface area contributed by atoms with Gasteiger partial charge in [0.1, 0.15) is 0 Å². The number of likely N-dealkylation sites (tertiary alicyclic amines) is 1. The summed E-state index contributed by atoms with van der Waals surface area (Å²) in [6.45, 7) is -0.942. The van der Waals surface area contributed by atoms with Crippen molar-refractivity contribution in [1.82, 2.24) is 4.90 Å². The van der Waals surface area contributed by atoms with Gasteiger partial charge in [0.15, 0.2) is 0 Å². The maximum atomic E-state index is 11.7. The van der Waals surface area contributed by atoms with E-state index in [4.69, 9.17) is 0 Å². The van der Waals surface area contributed by atoms with Crippen molar-refractivity contribution in [2.75, 3.05) is 19.7 Å².